The summed E-state index contributed by atoms with van der Waals surface area (Å²) in [5.74, 6) is 0.0201. The summed E-state index contributed by atoms with van der Waals surface area (Å²) in [6.45, 7) is 0.415. The van der Waals surface area contributed by atoms with Crippen LogP contribution in [-0.2, 0) is 12.8 Å². The van der Waals surface area contributed by atoms with E-state index in [9.17, 15) is 4.79 Å². The lowest BCUT2D eigenvalue weighted by molar-refractivity contribution is 0.0949. The number of nitrogens with one attached hydrogen (secondary N) is 1. The van der Waals surface area contributed by atoms with Crippen molar-refractivity contribution in [3.8, 4) is 0 Å². The summed E-state index contributed by atoms with van der Waals surface area (Å²) in [6.07, 6.45) is 2.49. The molecule has 0 saturated carbocycles. The molecule has 1 heterocycles. The van der Waals surface area contributed by atoms with Crippen LogP contribution in [0.4, 0.5) is 0 Å². The second-order valence-electron chi connectivity index (χ2n) is 6.11. The first-order valence-electron chi connectivity index (χ1n) is 8.50. The van der Waals surface area contributed by atoms with Crippen LogP contribution in [0, 0.1) is 0 Å². The van der Waals surface area contributed by atoms with E-state index in [0.717, 1.165) is 11.1 Å². The Morgan fingerprint density at radius 3 is 2.70 bits per heavy atom. The van der Waals surface area contributed by atoms with E-state index in [0.29, 0.717) is 35.3 Å². The molecule has 1 aromatic heterocycles. The van der Waals surface area contributed by atoms with Gasteiger partial charge in [0.1, 0.15) is 6.26 Å². The number of carbonyl (C=O) groups is 1. The fourth-order valence-electron chi connectivity index (χ4n) is 2.64. The van der Waals surface area contributed by atoms with Gasteiger partial charge in [0, 0.05) is 16.6 Å². The molecular weight excluding hydrogens is 385 g/mol. The van der Waals surface area contributed by atoms with E-state index in [1.54, 1.807) is 12.1 Å². The molecule has 27 heavy (non-hydrogen) atoms. The summed E-state index contributed by atoms with van der Waals surface area (Å²) in [5, 5.41) is 3.95. The average molecular weight is 404 g/mol. The molecule has 1 amide bonds. The second kappa shape index (κ2) is 9.04. The van der Waals surface area contributed by atoms with E-state index in [1.165, 1.54) is 6.26 Å². The van der Waals surface area contributed by atoms with E-state index in [-0.39, 0.29) is 11.6 Å². The third kappa shape index (κ3) is 5.32. The Labute approximate surface area is 167 Å². The highest BCUT2D eigenvalue weighted by molar-refractivity contribution is 6.35. The van der Waals surface area contributed by atoms with Crippen LogP contribution in [0.3, 0.4) is 0 Å². The van der Waals surface area contributed by atoms with Crippen LogP contribution < -0.4 is 11.1 Å². The maximum atomic E-state index is 12.2. The number of aromatic nitrogens is 1. The molecule has 0 aliphatic rings. The Kier molecular flexibility index (Phi) is 6.50. The molecule has 140 valence electrons. The largest absolute Gasteiger partial charge is 0.446 e. The molecular formula is C20H19Cl2N3O2. The van der Waals surface area contributed by atoms with Crippen molar-refractivity contribution in [1.82, 2.24) is 10.3 Å². The normalized spacial score (nSPS) is 12.0. The van der Waals surface area contributed by atoms with Crippen molar-refractivity contribution in [3.63, 3.8) is 0 Å². The van der Waals surface area contributed by atoms with Gasteiger partial charge in [-0.1, -0.05) is 59.6 Å². The van der Waals surface area contributed by atoms with E-state index in [4.69, 9.17) is 33.4 Å². The zero-order valence-electron chi connectivity index (χ0n) is 14.5. The summed E-state index contributed by atoms with van der Waals surface area (Å²) in [5.41, 5.74) is 8.32. The number of nitrogens with zero attached hydrogens (tertiary/aromatic N) is 1. The Balaban J connectivity index is 1.53. The minimum absolute atomic E-state index is 0.204. The average Bonchev–Trinajstić information content (AvgIpc) is 3.15. The minimum Gasteiger partial charge on any atom is -0.446 e. The lowest BCUT2D eigenvalue weighted by Gasteiger charge is -2.07. The molecule has 0 saturated heterocycles. The molecule has 0 fully saturated rings. The fraction of sp³-hybridized carbons (Fsp3) is 0.200. The first-order valence-corrected chi connectivity index (χ1v) is 9.25. The third-order valence-corrected chi connectivity index (χ3v) is 4.65. The van der Waals surface area contributed by atoms with Gasteiger partial charge < -0.3 is 15.5 Å². The first-order chi connectivity index (χ1) is 13.0. The van der Waals surface area contributed by atoms with Gasteiger partial charge in [-0.25, -0.2) is 4.98 Å². The van der Waals surface area contributed by atoms with Gasteiger partial charge in [0.15, 0.2) is 5.69 Å². The Morgan fingerprint density at radius 1 is 1.19 bits per heavy atom. The number of hydrogen-bond acceptors (Lipinski definition) is 4. The summed E-state index contributed by atoms with van der Waals surface area (Å²) in [6, 6.07) is 14.7. The van der Waals surface area contributed by atoms with Crippen molar-refractivity contribution in [2.75, 3.05) is 6.54 Å². The first kappa shape index (κ1) is 19.4. The van der Waals surface area contributed by atoms with E-state index in [1.807, 2.05) is 36.4 Å². The van der Waals surface area contributed by atoms with E-state index >= 15 is 0 Å². The molecule has 3 N–H and O–H groups in total. The van der Waals surface area contributed by atoms with E-state index in [2.05, 4.69) is 10.3 Å². The zero-order valence-corrected chi connectivity index (χ0v) is 16.0. The molecule has 3 aromatic rings. The summed E-state index contributed by atoms with van der Waals surface area (Å²) in [7, 11) is 0. The fourth-order valence-corrected chi connectivity index (χ4v) is 3.15. The number of nitrogens with two attached hydrogens (primary N) is 1. The molecule has 0 radical (unpaired) electrons. The topological polar surface area (TPSA) is 81.1 Å². The highest BCUT2D eigenvalue weighted by Crippen LogP contribution is 2.21. The molecule has 3 rings (SSSR count). The van der Waals surface area contributed by atoms with Gasteiger partial charge in [-0.05, 0) is 36.1 Å². The van der Waals surface area contributed by atoms with Crippen LogP contribution in [0.15, 0.2) is 59.2 Å². The van der Waals surface area contributed by atoms with Crippen LogP contribution in [0.5, 0.6) is 0 Å². The van der Waals surface area contributed by atoms with Crippen molar-refractivity contribution in [1.29, 1.82) is 0 Å². The van der Waals surface area contributed by atoms with Gasteiger partial charge in [0.05, 0.1) is 6.04 Å². The Hall–Kier alpha value is -2.34. The Morgan fingerprint density at radius 2 is 1.96 bits per heavy atom. The molecule has 0 bridgehead atoms. The molecule has 1 atom stereocenters. The molecule has 0 aliphatic carbocycles. The van der Waals surface area contributed by atoms with Gasteiger partial charge in [-0.3, -0.25) is 4.79 Å². The highest BCUT2D eigenvalue weighted by atomic mass is 35.5. The van der Waals surface area contributed by atoms with Crippen molar-refractivity contribution >= 4 is 29.1 Å². The molecule has 1 unspecified atom stereocenters. The maximum absolute atomic E-state index is 12.2. The summed E-state index contributed by atoms with van der Waals surface area (Å²) in [4.78, 5) is 16.5. The SMILES string of the molecule is NC(Cc1ccccc1)c1nc(C(=O)NCCc2ccc(Cl)cc2Cl)co1. The number of amides is 1. The smallest absolute Gasteiger partial charge is 0.273 e. The molecule has 7 heteroatoms. The highest BCUT2D eigenvalue weighted by Gasteiger charge is 2.17. The van der Waals surface area contributed by atoms with Gasteiger partial charge in [0.2, 0.25) is 5.89 Å². The standard InChI is InChI=1S/C20H19Cl2N3O2/c21-15-7-6-14(16(22)11-15)8-9-24-19(26)18-12-27-20(25-18)17(23)10-13-4-2-1-3-5-13/h1-7,11-12,17H,8-10,23H2,(H,24,26). The quantitative estimate of drug-likeness (QED) is 0.619. The third-order valence-electron chi connectivity index (χ3n) is 4.07. The predicted octanol–water partition coefficient (Wildman–Crippen LogP) is 4.20. The van der Waals surface area contributed by atoms with Gasteiger partial charge in [-0.15, -0.1) is 0 Å². The van der Waals surface area contributed by atoms with Crippen molar-refractivity contribution in [2.24, 2.45) is 5.73 Å². The van der Waals surface area contributed by atoms with Gasteiger partial charge in [0.25, 0.3) is 5.91 Å². The molecule has 5 nitrogen and oxygen atoms in total. The van der Waals surface area contributed by atoms with Crippen molar-refractivity contribution in [3.05, 3.63) is 87.6 Å². The zero-order chi connectivity index (χ0) is 19.2. The number of benzene rings is 2. The van der Waals surface area contributed by atoms with Crippen LogP contribution in [-0.4, -0.2) is 17.4 Å². The summed E-state index contributed by atoms with van der Waals surface area (Å²) < 4.78 is 5.38. The lowest BCUT2D eigenvalue weighted by atomic mass is 10.1. The summed E-state index contributed by atoms with van der Waals surface area (Å²) >= 11 is 12.0. The van der Waals surface area contributed by atoms with Crippen molar-refractivity contribution in [2.45, 2.75) is 18.9 Å². The monoisotopic (exact) mass is 403 g/mol. The van der Waals surface area contributed by atoms with Crippen LogP contribution in [0.2, 0.25) is 10.0 Å². The lowest BCUT2D eigenvalue weighted by Crippen LogP contribution is -2.26. The minimum atomic E-state index is -0.415. The number of hydrogen-bond donors (Lipinski definition) is 2. The maximum Gasteiger partial charge on any atom is 0.273 e. The Bertz CT molecular complexity index is 913. The number of rotatable bonds is 7. The second-order valence-corrected chi connectivity index (χ2v) is 6.95. The van der Waals surface area contributed by atoms with Gasteiger partial charge >= 0.3 is 0 Å². The van der Waals surface area contributed by atoms with E-state index < -0.39 is 6.04 Å². The number of halogens is 2. The number of oxazole rings is 1. The predicted molar refractivity (Wildman–Crippen MR) is 106 cm³/mol. The number of carbonyl (C=O) groups excluding carboxylic acids is 1. The van der Waals surface area contributed by atoms with Crippen LogP contribution in [0.25, 0.3) is 0 Å². The van der Waals surface area contributed by atoms with Crippen LogP contribution >= 0.6 is 23.2 Å². The van der Waals surface area contributed by atoms with Gasteiger partial charge in [-0.2, -0.15) is 0 Å². The molecule has 0 spiro atoms. The van der Waals surface area contributed by atoms with Crippen LogP contribution in [0.1, 0.15) is 33.5 Å². The molecule has 2 aromatic carbocycles. The van der Waals surface area contributed by atoms with Crippen molar-refractivity contribution < 1.29 is 9.21 Å². The molecule has 0 aliphatic heterocycles.